The highest BCUT2D eigenvalue weighted by Gasteiger charge is 2.40. The van der Waals surface area contributed by atoms with Crippen LogP contribution in [0.25, 0.3) is 0 Å². The fourth-order valence-corrected chi connectivity index (χ4v) is 2.63. The molecule has 1 N–H and O–H groups in total. The molecule has 2 aliphatic rings. The lowest BCUT2D eigenvalue weighted by molar-refractivity contribution is -0.179. The third kappa shape index (κ3) is 2.51. The van der Waals surface area contributed by atoms with Crippen molar-refractivity contribution in [3.8, 4) is 0 Å². The number of hydrogen-bond donors (Lipinski definition) is 1. The molecule has 1 aliphatic carbocycles. The molecule has 0 aromatic carbocycles. The van der Waals surface area contributed by atoms with E-state index < -0.39 is 0 Å². The maximum atomic E-state index is 5.70. The van der Waals surface area contributed by atoms with Gasteiger partial charge in [-0.3, -0.25) is 0 Å². The van der Waals surface area contributed by atoms with Crippen molar-refractivity contribution in [3.63, 3.8) is 0 Å². The van der Waals surface area contributed by atoms with E-state index in [2.05, 4.69) is 10.5 Å². The summed E-state index contributed by atoms with van der Waals surface area (Å²) in [6.45, 7) is 2.27. The van der Waals surface area contributed by atoms with Gasteiger partial charge in [0.05, 0.1) is 18.9 Å². The van der Waals surface area contributed by atoms with Crippen molar-refractivity contribution < 1.29 is 14.0 Å². The van der Waals surface area contributed by atoms with Crippen molar-refractivity contribution in [2.24, 2.45) is 0 Å². The predicted octanol–water partition coefficient (Wildman–Crippen LogP) is 1.45. The van der Waals surface area contributed by atoms with E-state index in [1.807, 2.05) is 6.07 Å². The molecule has 5 nitrogen and oxygen atoms in total. The van der Waals surface area contributed by atoms with Crippen molar-refractivity contribution in [2.75, 3.05) is 13.2 Å². The van der Waals surface area contributed by atoms with Gasteiger partial charge in [-0.2, -0.15) is 0 Å². The molecule has 0 bridgehead atoms. The lowest BCUT2D eigenvalue weighted by Gasteiger charge is -2.35. The van der Waals surface area contributed by atoms with Gasteiger partial charge in [-0.05, 0) is 12.8 Å². The largest absolute Gasteiger partial charge is 0.364 e. The average Bonchev–Trinajstić information content (AvgIpc) is 3.01. The van der Waals surface area contributed by atoms with Gasteiger partial charge in [-0.1, -0.05) is 5.16 Å². The van der Waals surface area contributed by atoms with Crippen LogP contribution in [0.5, 0.6) is 0 Å². The number of nitrogens with zero attached hydrogens (tertiary/aromatic N) is 1. The van der Waals surface area contributed by atoms with Gasteiger partial charge in [0.25, 0.3) is 0 Å². The lowest BCUT2D eigenvalue weighted by atomic mass is 9.90. The maximum Gasteiger partial charge on any atom is 0.168 e. The topological polar surface area (TPSA) is 56.5 Å². The number of hydrogen-bond acceptors (Lipinski definition) is 5. The number of ether oxygens (including phenoxy) is 2. The van der Waals surface area contributed by atoms with Crippen molar-refractivity contribution in [3.05, 3.63) is 18.0 Å². The van der Waals surface area contributed by atoms with Gasteiger partial charge < -0.3 is 19.3 Å². The van der Waals surface area contributed by atoms with Crippen molar-refractivity contribution in [1.29, 1.82) is 0 Å². The van der Waals surface area contributed by atoms with Crippen molar-refractivity contribution >= 4 is 0 Å². The Bertz CT molecular complexity index is 337. The Labute approximate surface area is 100 Å². The average molecular weight is 238 g/mol. The minimum Gasteiger partial charge on any atom is -0.364 e. The summed E-state index contributed by atoms with van der Waals surface area (Å²) in [4.78, 5) is 0. The van der Waals surface area contributed by atoms with Gasteiger partial charge in [-0.15, -0.1) is 0 Å². The fourth-order valence-electron chi connectivity index (χ4n) is 2.63. The zero-order valence-electron chi connectivity index (χ0n) is 9.85. The molecule has 17 heavy (non-hydrogen) atoms. The lowest BCUT2D eigenvalue weighted by Crippen LogP contribution is -2.41. The molecule has 94 valence electrons. The normalized spacial score (nSPS) is 24.5. The summed E-state index contributed by atoms with van der Waals surface area (Å²) in [7, 11) is 0. The Balaban J connectivity index is 1.45. The van der Waals surface area contributed by atoms with E-state index in [4.69, 9.17) is 14.0 Å². The first-order valence-electron chi connectivity index (χ1n) is 6.27. The monoisotopic (exact) mass is 238 g/mol. The summed E-state index contributed by atoms with van der Waals surface area (Å²) < 4.78 is 16.2. The molecular formula is C12H18N2O3. The quantitative estimate of drug-likeness (QED) is 0.863. The van der Waals surface area contributed by atoms with Crippen LogP contribution in [0.4, 0.5) is 0 Å². The van der Waals surface area contributed by atoms with Crippen molar-refractivity contribution in [1.82, 2.24) is 10.5 Å². The second-order valence-electron chi connectivity index (χ2n) is 4.75. The number of rotatable bonds is 3. The number of nitrogens with one attached hydrogen (secondary N) is 1. The second-order valence-corrected chi connectivity index (χ2v) is 4.75. The summed E-state index contributed by atoms with van der Waals surface area (Å²) in [5.41, 5.74) is 0.957. The minimum atomic E-state index is -0.258. The van der Waals surface area contributed by atoms with Crippen LogP contribution in [0.2, 0.25) is 0 Å². The van der Waals surface area contributed by atoms with Crippen LogP contribution in [-0.4, -0.2) is 30.2 Å². The third-order valence-corrected chi connectivity index (χ3v) is 3.62. The molecule has 1 spiro atoms. The Morgan fingerprint density at radius 2 is 2.06 bits per heavy atom. The standard InChI is InChI=1S/C12H18N2O3/c1-4-12(15-7-8-16-12)5-2-10(1)13-9-11-3-6-17-14-11/h3,6,10,13H,1-2,4-5,7-9H2. The van der Waals surface area contributed by atoms with Crippen LogP contribution in [-0.2, 0) is 16.0 Å². The molecule has 0 atom stereocenters. The van der Waals surface area contributed by atoms with Gasteiger partial charge in [0, 0.05) is 31.5 Å². The summed E-state index contributed by atoms with van der Waals surface area (Å²) in [5, 5.41) is 7.38. The van der Waals surface area contributed by atoms with E-state index in [9.17, 15) is 0 Å². The van der Waals surface area contributed by atoms with Crippen LogP contribution >= 0.6 is 0 Å². The molecule has 3 rings (SSSR count). The molecule has 1 saturated carbocycles. The minimum absolute atomic E-state index is 0.258. The van der Waals surface area contributed by atoms with E-state index in [0.29, 0.717) is 6.04 Å². The summed E-state index contributed by atoms with van der Waals surface area (Å²) in [6, 6.07) is 2.42. The van der Waals surface area contributed by atoms with Gasteiger partial charge in [0.2, 0.25) is 0 Å². The molecule has 0 unspecified atom stereocenters. The second kappa shape index (κ2) is 4.76. The highest BCUT2D eigenvalue weighted by Crippen LogP contribution is 2.35. The Morgan fingerprint density at radius 3 is 2.71 bits per heavy atom. The molecule has 1 saturated heterocycles. The van der Waals surface area contributed by atoms with Crippen LogP contribution in [0.15, 0.2) is 16.9 Å². The molecule has 2 heterocycles. The van der Waals surface area contributed by atoms with E-state index in [1.165, 1.54) is 0 Å². The first-order valence-corrected chi connectivity index (χ1v) is 6.27. The Kier molecular flexibility index (Phi) is 3.13. The molecular weight excluding hydrogens is 220 g/mol. The zero-order chi connectivity index (χ0) is 11.6. The van der Waals surface area contributed by atoms with Gasteiger partial charge in [-0.25, -0.2) is 0 Å². The van der Waals surface area contributed by atoms with Crippen molar-refractivity contribution in [2.45, 2.75) is 44.1 Å². The van der Waals surface area contributed by atoms with Crippen LogP contribution in [0.1, 0.15) is 31.4 Å². The molecule has 1 aliphatic heterocycles. The van der Waals surface area contributed by atoms with Gasteiger partial charge in [0.1, 0.15) is 6.26 Å². The summed E-state index contributed by atoms with van der Waals surface area (Å²) in [5.74, 6) is -0.258. The van der Waals surface area contributed by atoms with Gasteiger partial charge in [0.15, 0.2) is 5.79 Å². The summed E-state index contributed by atoms with van der Waals surface area (Å²) >= 11 is 0. The maximum absolute atomic E-state index is 5.70. The van der Waals surface area contributed by atoms with E-state index in [-0.39, 0.29) is 5.79 Å². The Hall–Kier alpha value is -0.910. The molecule has 2 fully saturated rings. The molecule has 0 radical (unpaired) electrons. The summed E-state index contributed by atoms with van der Waals surface area (Å²) in [6.07, 6.45) is 5.77. The molecule has 1 aromatic heterocycles. The van der Waals surface area contributed by atoms with Crippen LogP contribution < -0.4 is 5.32 Å². The third-order valence-electron chi connectivity index (χ3n) is 3.62. The van der Waals surface area contributed by atoms with Gasteiger partial charge >= 0.3 is 0 Å². The van der Waals surface area contributed by atoms with E-state index >= 15 is 0 Å². The Morgan fingerprint density at radius 1 is 1.29 bits per heavy atom. The number of aromatic nitrogens is 1. The first-order chi connectivity index (χ1) is 8.36. The fraction of sp³-hybridized carbons (Fsp3) is 0.750. The van der Waals surface area contributed by atoms with Crippen LogP contribution in [0, 0.1) is 0 Å². The SMILES string of the molecule is c1cc(CNC2CCC3(CC2)OCCO3)no1. The smallest absolute Gasteiger partial charge is 0.168 e. The molecule has 0 amide bonds. The molecule has 1 aromatic rings. The van der Waals surface area contributed by atoms with E-state index in [0.717, 1.165) is 51.1 Å². The highest BCUT2D eigenvalue weighted by molar-refractivity contribution is 4.95. The molecule has 5 heteroatoms. The predicted molar refractivity (Wildman–Crippen MR) is 60.2 cm³/mol. The van der Waals surface area contributed by atoms with Crippen LogP contribution in [0.3, 0.4) is 0 Å². The first kappa shape index (κ1) is 11.2. The van der Waals surface area contributed by atoms with E-state index in [1.54, 1.807) is 6.26 Å². The highest BCUT2D eigenvalue weighted by atomic mass is 16.7. The zero-order valence-corrected chi connectivity index (χ0v) is 9.85.